The molecule has 188 valence electrons. The number of amides is 2. The lowest BCUT2D eigenvalue weighted by Crippen LogP contribution is -2.34. The van der Waals surface area contributed by atoms with Gasteiger partial charge in [0, 0.05) is 5.56 Å². The van der Waals surface area contributed by atoms with Crippen LogP contribution >= 0.6 is 0 Å². The molecular formula is C24H29N3O8. The number of nitrogens with zero attached hydrogens (tertiary/aromatic N) is 1. The van der Waals surface area contributed by atoms with E-state index in [9.17, 15) is 14.4 Å². The summed E-state index contributed by atoms with van der Waals surface area (Å²) in [6.07, 6.45) is 1.41. The van der Waals surface area contributed by atoms with Crippen LogP contribution in [0.25, 0.3) is 0 Å². The molecule has 0 saturated carbocycles. The average molecular weight is 488 g/mol. The Morgan fingerprint density at radius 1 is 0.886 bits per heavy atom. The molecule has 0 radical (unpaired) electrons. The van der Waals surface area contributed by atoms with Crippen LogP contribution in [0.5, 0.6) is 23.0 Å². The molecule has 2 amide bonds. The van der Waals surface area contributed by atoms with Crippen molar-refractivity contribution in [2.45, 2.75) is 13.8 Å². The first-order valence-corrected chi connectivity index (χ1v) is 10.8. The van der Waals surface area contributed by atoms with Gasteiger partial charge in [-0.2, -0.15) is 5.10 Å². The first-order valence-electron chi connectivity index (χ1n) is 10.8. The smallest absolute Gasteiger partial charge is 0.344 e. The predicted octanol–water partition coefficient (Wildman–Crippen LogP) is 1.92. The normalized spacial score (nSPS) is 10.4. The van der Waals surface area contributed by atoms with Crippen molar-refractivity contribution in [2.75, 3.05) is 40.6 Å². The minimum absolute atomic E-state index is 0.244. The van der Waals surface area contributed by atoms with Crippen LogP contribution in [0.15, 0.2) is 41.5 Å². The highest BCUT2D eigenvalue weighted by molar-refractivity contribution is 5.97. The lowest BCUT2D eigenvalue weighted by Gasteiger charge is -2.12. The number of benzene rings is 2. The molecule has 0 spiro atoms. The molecule has 0 saturated heterocycles. The minimum Gasteiger partial charge on any atom is -0.493 e. The molecule has 2 aromatic rings. The monoisotopic (exact) mass is 487 g/mol. The summed E-state index contributed by atoms with van der Waals surface area (Å²) in [6.45, 7) is 3.64. The molecule has 0 aliphatic carbocycles. The molecule has 0 unspecified atom stereocenters. The standard InChI is InChI=1S/C24H29N3O8/c1-5-33-21-11-16(7-9-19(21)35-15-23(29)34-6-2)13-26-27-22(28)14-25-24(30)17-8-10-18(31-3)20(12-17)32-4/h7-13H,5-6,14-15H2,1-4H3,(H,25,30)(H,27,28). The lowest BCUT2D eigenvalue weighted by molar-refractivity contribution is -0.145. The van der Waals surface area contributed by atoms with Gasteiger partial charge in [-0.05, 0) is 55.8 Å². The number of hydrazone groups is 1. The van der Waals surface area contributed by atoms with E-state index in [2.05, 4.69) is 15.8 Å². The van der Waals surface area contributed by atoms with Crippen LogP contribution in [0.4, 0.5) is 0 Å². The Labute approximate surface area is 203 Å². The lowest BCUT2D eigenvalue weighted by atomic mass is 10.2. The molecule has 11 heteroatoms. The maximum absolute atomic E-state index is 12.3. The van der Waals surface area contributed by atoms with Gasteiger partial charge in [0.25, 0.3) is 11.8 Å². The van der Waals surface area contributed by atoms with Gasteiger partial charge in [0.2, 0.25) is 0 Å². The second-order valence-electron chi connectivity index (χ2n) is 6.78. The van der Waals surface area contributed by atoms with Gasteiger partial charge in [-0.15, -0.1) is 0 Å². The van der Waals surface area contributed by atoms with Crippen LogP contribution in [-0.4, -0.2) is 64.6 Å². The Morgan fingerprint density at radius 3 is 2.31 bits per heavy atom. The first-order chi connectivity index (χ1) is 16.9. The van der Waals surface area contributed by atoms with Gasteiger partial charge in [-0.25, -0.2) is 10.2 Å². The highest BCUT2D eigenvalue weighted by Gasteiger charge is 2.12. The fourth-order valence-electron chi connectivity index (χ4n) is 2.79. The molecule has 2 N–H and O–H groups in total. The Kier molecular flexibility index (Phi) is 10.9. The number of carbonyl (C=O) groups excluding carboxylic acids is 3. The number of ether oxygens (including phenoxy) is 5. The van der Waals surface area contributed by atoms with E-state index in [1.807, 2.05) is 6.92 Å². The summed E-state index contributed by atoms with van der Waals surface area (Å²) in [5.41, 5.74) is 3.27. The Morgan fingerprint density at radius 2 is 1.63 bits per heavy atom. The second kappa shape index (κ2) is 14.1. The maximum atomic E-state index is 12.3. The van der Waals surface area contributed by atoms with Crippen LogP contribution in [0.2, 0.25) is 0 Å². The van der Waals surface area contributed by atoms with E-state index in [1.165, 1.54) is 26.5 Å². The third kappa shape index (κ3) is 8.54. The summed E-state index contributed by atoms with van der Waals surface area (Å²) in [5, 5.41) is 6.39. The van der Waals surface area contributed by atoms with E-state index in [0.29, 0.717) is 40.7 Å². The van der Waals surface area contributed by atoms with Gasteiger partial charge < -0.3 is 29.0 Å². The van der Waals surface area contributed by atoms with Crippen molar-refractivity contribution in [3.63, 3.8) is 0 Å². The Hall–Kier alpha value is -4.28. The van der Waals surface area contributed by atoms with Gasteiger partial charge in [0.1, 0.15) is 0 Å². The van der Waals surface area contributed by atoms with Gasteiger partial charge in [-0.1, -0.05) is 0 Å². The highest BCUT2D eigenvalue weighted by atomic mass is 16.6. The number of nitrogens with one attached hydrogen (secondary N) is 2. The number of methoxy groups -OCH3 is 2. The van der Waals surface area contributed by atoms with Crippen molar-refractivity contribution >= 4 is 24.0 Å². The molecule has 2 aromatic carbocycles. The summed E-state index contributed by atoms with van der Waals surface area (Å²) < 4.78 is 26.1. The van der Waals surface area contributed by atoms with Crippen LogP contribution in [-0.2, 0) is 14.3 Å². The van der Waals surface area contributed by atoms with E-state index in [1.54, 1.807) is 37.3 Å². The zero-order valence-electron chi connectivity index (χ0n) is 20.1. The molecule has 11 nitrogen and oxygen atoms in total. The fraction of sp³-hybridized carbons (Fsp3) is 0.333. The quantitative estimate of drug-likeness (QED) is 0.249. The van der Waals surface area contributed by atoms with Gasteiger partial charge in [0.05, 0.1) is 40.2 Å². The molecule has 0 heterocycles. The Bertz CT molecular complexity index is 1060. The van der Waals surface area contributed by atoms with Gasteiger partial charge in [-0.3, -0.25) is 9.59 Å². The third-order valence-corrected chi connectivity index (χ3v) is 4.38. The van der Waals surface area contributed by atoms with Crippen molar-refractivity contribution in [3.05, 3.63) is 47.5 Å². The van der Waals surface area contributed by atoms with E-state index >= 15 is 0 Å². The van der Waals surface area contributed by atoms with Crippen molar-refractivity contribution in [2.24, 2.45) is 5.10 Å². The van der Waals surface area contributed by atoms with Crippen LogP contribution < -0.4 is 29.7 Å². The van der Waals surface area contributed by atoms with Crippen molar-refractivity contribution in [1.82, 2.24) is 10.7 Å². The van der Waals surface area contributed by atoms with Crippen LogP contribution in [0.1, 0.15) is 29.8 Å². The summed E-state index contributed by atoms with van der Waals surface area (Å²) in [5.74, 6) is 0.217. The molecular weight excluding hydrogens is 458 g/mol. The van der Waals surface area contributed by atoms with Gasteiger partial charge in [0.15, 0.2) is 29.6 Å². The maximum Gasteiger partial charge on any atom is 0.344 e. The molecule has 0 bridgehead atoms. The number of carbonyl (C=O) groups is 3. The minimum atomic E-state index is -0.519. The topological polar surface area (TPSA) is 134 Å². The zero-order valence-corrected chi connectivity index (χ0v) is 20.1. The molecule has 0 aromatic heterocycles. The number of hydrogen-bond donors (Lipinski definition) is 2. The molecule has 2 rings (SSSR count). The molecule has 35 heavy (non-hydrogen) atoms. The van der Waals surface area contributed by atoms with Crippen LogP contribution in [0, 0.1) is 0 Å². The molecule has 0 fully saturated rings. The highest BCUT2D eigenvalue weighted by Crippen LogP contribution is 2.28. The van der Waals surface area contributed by atoms with E-state index in [0.717, 1.165) is 0 Å². The number of esters is 1. The predicted molar refractivity (Wildman–Crippen MR) is 127 cm³/mol. The van der Waals surface area contributed by atoms with Crippen molar-refractivity contribution in [1.29, 1.82) is 0 Å². The summed E-state index contributed by atoms with van der Waals surface area (Å²) in [6, 6.07) is 9.62. The third-order valence-electron chi connectivity index (χ3n) is 4.38. The first kappa shape index (κ1) is 27.0. The molecule has 0 aliphatic rings. The van der Waals surface area contributed by atoms with Crippen molar-refractivity contribution < 1.29 is 38.1 Å². The van der Waals surface area contributed by atoms with Gasteiger partial charge >= 0.3 is 5.97 Å². The SMILES string of the molecule is CCOC(=O)COc1ccc(C=NNC(=O)CNC(=O)c2ccc(OC)c(OC)c2)cc1OCC. The van der Waals surface area contributed by atoms with E-state index < -0.39 is 17.8 Å². The summed E-state index contributed by atoms with van der Waals surface area (Å²) >= 11 is 0. The number of rotatable bonds is 13. The Balaban J connectivity index is 1.90. The van der Waals surface area contributed by atoms with Crippen LogP contribution in [0.3, 0.4) is 0 Å². The molecule has 0 atom stereocenters. The second-order valence-corrected chi connectivity index (χ2v) is 6.78. The zero-order chi connectivity index (χ0) is 25.6. The summed E-state index contributed by atoms with van der Waals surface area (Å²) in [4.78, 5) is 35.8. The fourth-order valence-corrected chi connectivity index (χ4v) is 2.79. The van der Waals surface area contributed by atoms with Crippen molar-refractivity contribution in [3.8, 4) is 23.0 Å². The van der Waals surface area contributed by atoms with E-state index in [4.69, 9.17) is 23.7 Å². The van der Waals surface area contributed by atoms with E-state index in [-0.39, 0.29) is 19.8 Å². The summed E-state index contributed by atoms with van der Waals surface area (Å²) in [7, 11) is 2.96. The molecule has 0 aliphatic heterocycles. The largest absolute Gasteiger partial charge is 0.493 e. The number of hydrogen-bond acceptors (Lipinski definition) is 9. The average Bonchev–Trinajstić information content (AvgIpc) is 2.86.